The topological polar surface area (TPSA) is 91.1 Å². The quantitative estimate of drug-likeness (QED) is 0.826. The van der Waals surface area contributed by atoms with Gasteiger partial charge >= 0.3 is 0 Å². The van der Waals surface area contributed by atoms with Crippen LogP contribution >= 0.6 is 0 Å². The van der Waals surface area contributed by atoms with E-state index in [2.05, 4.69) is 9.71 Å². The highest BCUT2D eigenvalue weighted by atomic mass is 32.2. The van der Waals surface area contributed by atoms with Crippen molar-refractivity contribution in [1.82, 2.24) is 4.98 Å². The number of nitrogens with one attached hydrogen (secondary N) is 1. The van der Waals surface area contributed by atoms with E-state index in [1.54, 1.807) is 12.3 Å². The van der Waals surface area contributed by atoms with Crippen LogP contribution in [0, 0.1) is 6.92 Å². The summed E-state index contributed by atoms with van der Waals surface area (Å²) in [7, 11) is 0. The second-order valence-electron chi connectivity index (χ2n) is 3.83. The molecule has 0 saturated carbocycles. The van der Waals surface area contributed by atoms with E-state index in [9.17, 15) is 8.76 Å². The number of hydrogen-bond donors (Lipinski definition) is 2. The predicted molar refractivity (Wildman–Crippen MR) is 71.4 cm³/mol. The summed E-state index contributed by atoms with van der Waals surface area (Å²) in [5.74, 6) is 0.151. The van der Waals surface area contributed by atoms with E-state index in [0.717, 1.165) is 11.1 Å². The maximum absolute atomic E-state index is 10.8. The van der Waals surface area contributed by atoms with E-state index in [0.29, 0.717) is 11.3 Å². The predicted octanol–water partition coefficient (Wildman–Crippen LogP) is 1.85. The average Bonchev–Trinajstić information content (AvgIpc) is 2.31. The Morgan fingerprint density at radius 1 is 1.39 bits per heavy atom. The molecule has 0 bridgehead atoms. The van der Waals surface area contributed by atoms with E-state index >= 15 is 0 Å². The lowest BCUT2D eigenvalue weighted by atomic mass is 10.0. The first-order valence-electron chi connectivity index (χ1n) is 5.25. The molecule has 1 unspecified atom stereocenters. The summed E-state index contributed by atoms with van der Waals surface area (Å²) in [5.41, 5.74) is 8.67. The van der Waals surface area contributed by atoms with Gasteiger partial charge in [0.1, 0.15) is 5.82 Å². The molecule has 0 radical (unpaired) electrons. The van der Waals surface area contributed by atoms with Crippen molar-refractivity contribution in [2.24, 2.45) is 0 Å². The monoisotopic (exact) mass is 262 g/mol. The van der Waals surface area contributed by atoms with Crippen LogP contribution in [0.1, 0.15) is 5.56 Å². The molecular weight excluding hydrogens is 250 g/mol. The maximum atomic E-state index is 10.8. The van der Waals surface area contributed by atoms with Crippen LogP contribution in [0.5, 0.6) is 0 Å². The molecule has 18 heavy (non-hydrogen) atoms. The first kappa shape index (κ1) is 12.5. The number of hydrogen-bond acceptors (Lipinski definition) is 4. The Labute approximate surface area is 107 Å². The first-order chi connectivity index (χ1) is 8.58. The third kappa shape index (κ3) is 2.66. The highest BCUT2D eigenvalue weighted by Gasteiger charge is 2.09. The Morgan fingerprint density at radius 2 is 2.17 bits per heavy atom. The zero-order chi connectivity index (χ0) is 13.1. The fourth-order valence-electron chi connectivity index (χ4n) is 1.72. The van der Waals surface area contributed by atoms with Crippen molar-refractivity contribution in [3.8, 4) is 11.1 Å². The fourth-order valence-corrected chi connectivity index (χ4v) is 2.10. The van der Waals surface area contributed by atoms with Crippen molar-refractivity contribution in [3.05, 3.63) is 42.1 Å². The minimum atomic E-state index is -2.44. The molecule has 1 heterocycles. The van der Waals surface area contributed by atoms with E-state index in [1.165, 1.54) is 0 Å². The van der Waals surface area contributed by atoms with Crippen LogP contribution in [0.4, 0.5) is 11.5 Å². The van der Waals surface area contributed by atoms with E-state index in [4.69, 9.17) is 5.73 Å². The van der Waals surface area contributed by atoms with Crippen molar-refractivity contribution >= 4 is 22.8 Å². The van der Waals surface area contributed by atoms with Gasteiger partial charge in [0, 0.05) is 23.0 Å². The molecule has 0 amide bonds. The van der Waals surface area contributed by atoms with Gasteiger partial charge in [0.25, 0.3) is 0 Å². The molecule has 0 aliphatic rings. The SMILES string of the molecule is Cc1cccc(-c2ccnc(N)c2NS(=O)[O-])c1. The van der Waals surface area contributed by atoms with E-state index < -0.39 is 11.3 Å². The van der Waals surface area contributed by atoms with Crippen molar-refractivity contribution < 1.29 is 8.76 Å². The molecule has 3 N–H and O–H groups in total. The Bertz CT molecular complexity index is 602. The summed E-state index contributed by atoms with van der Waals surface area (Å²) in [6.07, 6.45) is 1.55. The summed E-state index contributed by atoms with van der Waals surface area (Å²) < 4.78 is 23.8. The third-order valence-corrected chi connectivity index (χ3v) is 2.87. The van der Waals surface area contributed by atoms with Gasteiger partial charge in [-0.2, -0.15) is 0 Å². The highest BCUT2D eigenvalue weighted by Crippen LogP contribution is 2.31. The first-order valence-corrected chi connectivity index (χ1v) is 6.33. The third-order valence-electron chi connectivity index (χ3n) is 2.49. The summed E-state index contributed by atoms with van der Waals surface area (Å²) in [5, 5.41) is 0. The van der Waals surface area contributed by atoms with Crippen LogP contribution in [0.25, 0.3) is 11.1 Å². The minimum absolute atomic E-state index is 0.151. The van der Waals surface area contributed by atoms with Crippen molar-refractivity contribution in [2.75, 3.05) is 10.5 Å². The number of aryl methyl sites for hydroxylation is 1. The van der Waals surface area contributed by atoms with Crippen LogP contribution in [0.2, 0.25) is 0 Å². The molecule has 5 nitrogen and oxygen atoms in total. The highest BCUT2D eigenvalue weighted by molar-refractivity contribution is 7.80. The normalized spacial score (nSPS) is 12.1. The number of rotatable bonds is 3. The summed E-state index contributed by atoms with van der Waals surface area (Å²) in [6, 6.07) is 9.43. The zero-order valence-electron chi connectivity index (χ0n) is 9.71. The summed E-state index contributed by atoms with van der Waals surface area (Å²) in [6.45, 7) is 1.97. The van der Waals surface area contributed by atoms with Crippen LogP contribution < -0.4 is 10.5 Å². The van der Waals surface area contributed by atoms with Crippen molar-refractivity contribution in [2.45, 2.75) is 6.92 Å². The second kappa shape index (κ2) is 5.16. The Morgan fingerprint density at radius 3 is 2.83 bits per heavy atom. The number of benzene rings is 1. The molecule has 2 aromatic rings. The number of aromatic nitrogens is 1. The molecule has 1 atom stereocenters. The van der Waals surface area contributed by atoms with Gasteiger partial charge in [-0.05, 0) is 18.6 Å². The van der Waals surface area contributed by atoms with Gasteiger partial charge in [0.2, 0.25) is 0 Å². The lowest BCUT2D eigenvalue weighted by Gasteiger charge is -2.15. The Hall–Kier alpha value is -1.92. The van der Waals surface area contributed by atoms with Gasteiger partial charge in [0.15, 0.2) is 0 Å². The number of nitrogens with zero attached hydrogens (tertiary/aromatic N) is 1. The standard InChI is InChI=1S/C12H13N3O2S/c1-8-3-2-4-9(7-8)10-5-6-14-12(13)11(10)15-18(16)17/h2-7,15H,1H3,(H2,13,14)(H,16,17)/p-1. The molecule has 1 aromatic carbocycles. The fraction of sp³-hybridized carbons (Fsp3) is 0.0833. The van der Waals surface area contributed by atoms with Crippen LogP contribution in [-0.2, 0) is 11.3 Å². The zero-order valence-corrected chi connectivity index (χ0v) is 10.5. The van der Waals surface area contributed by atoms with Crippen molar-refractivity contribution in [3.63, 3.8) is 0 Å². The van der Waals surface area contributed by atoms with Gasteiger partial charge in [-0.3, -0.25) is 4.21 Å². The molecule has 1 aromatic heterocycles. The van der Waals surface area contributed by atoms with Gasteiger partial charge < -0.3 is 15.0 Å². The largest absolute Gasteiger partial charge is 0.755 e. The van der Waals surface area contributed by atoms with Crippen LogP contribution in [0.15, 0.2) is 36.5 Å². The molecule has 2 rings (SSSR count). The summed E-state index contributed by atoms with van der Waals surface area (Å²) in [4.78, 5) is 3.88. The lowest BCUT2D eigenvalue weighted by molar-refractivity contribution is 0.542. The number of anilines is 2. The van der Waals surface area contributed by atoms with Gasteiger partial charge in [-0.1, -0.05) is 29.8 Å². The maximum Gasteiger partial charge on any atom is 0.148 e. The van der Waals surface area contributed by atoms with E-state index in [1.807, 2.05) is 31.2 Å². The van der Waals surface area contributed by atoms with Gasteiger partial charge in [-0.15, -0.1) is 0 Å². The van der Waals surface area contributed by atoms with Crippen LogP contribution in [-0.4, -0.2) is 13.7 Å². The number of pyridine rings is 1. The number of nitrogens with two attached hydrogens (primary N) is 1. The van der Waals surface area contributed by atoms with Crippen molar-refractivity contribution in [1.29, 1.82) is 0 Å². The Kier molecular flexibility index (Phi) is 3.59. The van der Waals surface area contributed by atoms with Crippen LogP contribution in [0.3, 0.4) is 0 Å². The molecule has 94 valence electrons. The lowest BCUT2D eigenvalue weighted by Crippen LogP contribution is -2.07. The average molecular weight is 262 g/mol. The molecule has 6 heteroatoms. The van der Waals surface area contributed by atoms with Gasteiger partial charge in [0.05, 0.1) is 5.69 Å². The molecular formula is C12H12N3O2S-. The molecule has 0 fully saturated rings. The minimum Gasteiger partial charge on any atom is -0.755 e. The Balaban J connectivity index is 2.56. The van der Waals surface area contributed by atoms with Gasteiger partial charge in [-0.25, -0.2) is 4.98 Å². The van der Waals surface area contributed by atoms with E-state index in [-0.39, 0.29) is 5.82 Å². The molecule has 0 spiro atoms. The number of nitrogen functional groups attached to an aromatic ring is 1. The second-order valence-corrected chi connectivity index (χ2v) is 4.50. The summed E-state index contributed by atoms with van der Waals surface area (Å²) >= 11 is -2.44. The smallest absolute Gasteiger partial charge is 0.148 e. The molecule has 0 aliphatic carbocycles. The molecule has 0 saturated heterocycles. The molecule has 0 aliphatic heterocycles.